The lowest BCUT2D eigenvalue weighted by Crippen LogP contribution is -2.39. The van der Waals surface area contributed by atoms with Crippen molar-refractivity contribution in [1.82, 2.24) is 9.62 Å². The van der Waals surface area contributed by atoms with Gasteiger partial charge in [0.05, 0.1) is 12.3 Å². The fourth-order valence-corrected chi connectivity index (χ4v) is 2.33. The molecule has 0 bridgehead atoms. The van der Waals surface area contributed by atoms with Gasteiger partial charge in [-0.1, -0.05) is 0 Å². The number of nitrogens with two attached hydrogens (primary N) is 1. The fourth-order valence-electron chi connectivity index (χ4n) is 1.14. The molecular weight excluding hydrogens is 230 g/mol. The zero-order valence-electron chi connectivity index (χ0n) is 9.90. The Morgan fingerprint density at radius 2 is 2.00 bits per heavy atom. The highest BCUT2D eigenvalue weighted by molar-refractivity contribution is 7.89. The average Bonchev–Trinajstić information content (AvgIpc) is 2.18. The van der Waals surface area contributed by atoms with Crippen molar-refractivity contribution >= 4 is 15.9 Å². The standard InChI is InChI=1S/C9H21N3O3S/c1-3-11-9(13)8-12(2)16(14,15)7-5-4-6-10/h3-8,10H2,1-2H3,(H,11,13). The molecule has 96 valence electrons. The van der Waals surface area contributed by atoms with Crippen molar-refractivity contribution in [3.05, 3.63) is 0 Å². The maximum atomic E-state index is 11.7. The first-order valence-corrected chi connectivity index (χ1v) is 6.95. The summed E-state index contributed by atoms with van der Waals surface area (Å²) in [5, 5.41) is 2.55. The Kier molecular flexibility index (Phi) is 7.27. The summed E-state index contributed by atoms with van der Waals surface area (Å²) in [6.45, 7) is 2.64. The number of nitrogens with one attached hydrogen (secondary N) is 1. The van der Waals surface area contributed by atoms with E-state index in [1.54, 1.807) is 6.92 Å². The number of carbonyl (C=O) groups is 1. The molecule has 0 atom stereocenters. The molecule has 0 fully saturated rings. The lowest BCUT2D eigenvalue weighted by atomic mass is 10.3. The molecule has 0 aliphatic carbocycles. The minimum atomic E-state index is -3.33. The number of unbranched alkanes of at least 4 members (excludes halogenated alkanes) is 1. The first kappa shape index (κ1) is 15.3. The van der Waals surface area contributed by atoms with Gasteiger partial charge in [0.25, 0.3) is 0 Å². The second kappa shape index (κ2) is 7.59. The van der Waals surface area contributed by atoms with Crippen LogP contribution in [0.2, 0.25) is 0 Å². The Balaban J connectivity index is 4.13. The smallest absolute Gasteiger partial charge is 0.235 e. The molecule has 1 amide bonds. The lowest BCUT2D eigenvalue weighted by Gasteiger charge is -2.16. The first-order chi connectivity index (χ1) is 7.44. The molecule has 0 aliphatic rings. The molecule has 0 aromatic rings. The number of hydrogen-bond donors (Lipinski definition) is 2. The molecule has 0 spiro atoms. The Morgan fingerprint density at radius 3 is 2.50 bits per heavy atom. The van der Waals surface area contributed by atoms with Gasteiger partial charge < -0.3 is 11.1 Å². The molecule has 6 nitrogen and oxygen atoms in total. The van der Waals surface area contributed by atoms with E-state index >= 15 is 0 Å². The van der Waals surface area contributed by atoms with Crippen LogP contribution >= 0.6 is 0 Å². The second-order valence-electron chi connectivity index (χ2n) is 3.52. The Hall–Kier alpha value is -0.660. The predicted octanol–water partition coefficient (Wildman–Crippen LogP) is -0.877. The number of sulfonamides is 1. The van der Waals surface area contributed by atoms with Crippen LogP contribution in [-0.2, 0) is 14.8 Å². The molecule has 0 heterocycles. The van der Waals surface area contributed by atoms with E-state index in [4.69, 9.17) is 5.73 Å². The monoisotopic (exact) mass is 251 g/mol. The topological polar surface area (TPSA) is 92.5 Å². The SMILES string of the molecule is CCNC(=O)CN(C)S(=O)(=O)CCCCN. The van der Waals surface area contributed by atoms with Crippen molar-refractivity contribution in [3.8, 4) is 0 Å². The summed E-state index contributed by atoms with van der Waals surface area (Å²) in [4.78, 5) is 11.2. The maximum Gasteiger partial charge on any atom is 0.235 e. The van der Waals surface area contributed by atoms with E-state index in [2.05, 4.69) is 5.32 Å². The van der Waals surface area contributed by atoms with Crippen LogP contribution in [0.15, 0.2) is 0 Å². The molecule has 0 unspecified atom stereocenters. The van der Waals surface area contributed by atoms with Crippen LogP contribution in [0.5, 0.6) is 0 Å². The summed E-state index contributed by atoms with van der Waals surface area (Å²) in [6, 6.07) is 0. The van der Waals surface area contributed by atoms with Gasteiger partial charge in [-0.15, -0.1) is 0 Å². The number of hydrogen-bond acceptors (Lipinski definition) is 4. The molecule has 0 radical (unpaired) electrons. The van der Waals surface area contributed by atoms with Gasteiger partial charge in [-0.2, -0.15) is 4.31 Å². The quantitative estimate of drug-likeness (QED) is 0.548. The third-order valence-corrected chi connectivity index (χ3v) is 3.95. The maximum absolute atomic E-state index is 11.7. The Labute approximate surface area is 97.2 Å². The minimum Gasteiger partial charge on any atom is -0.355 e. The van der Waals surface area contributed by atoms with Gasteiger partial charge >= 0.3 is 0 Å². The number of likely N-dealkylation sites (N-methyl/N-ethyl adjacent to an activating group) is 2. The third-order valence-electron chi connectivity index (χ3n) is 2.07. The van der Waals surface area contributed by atoms with Gasteiger partial charge in [-0.3, -0.25) is 4.79 Å². The van der Waals surface area contributed by atoms with Gasteiger partial charge in [0.2, 0.25) is 15.9 Å². The number of nitrogens with zero attached hydrogens (tertiary/aromatic N) is 1. The summed E-state index contributed by atoms with van der Waals surface area (Å²) in [5.41, 5.74) is 5.28. The summed E-state index contributed by atoms with van der Waals surface area (Å²) >= 11 is 0. The summed E-state index contributed by atoms with van der Waals surface area (Å²) in [5.74, 6) is -0.243. The molecule has 0 aromatic heterocycles. The molecule has 0 saturated carbocycles. The molecule has 0 aliphatic heterocycles. The van der Waals surface area contributed by atoms with E-state index in [1.165, 1.54) is 7.05 Å². The van der Waals surface area contributed by atoms with E-state index in [-0.39, 0.29) is 18.2 Å². The van der Waals surface area contributed by atoms with E-state index < -0.39 is 10.0 Å². The summed E-state index contributed by atoms with van der Waals surface area (Å²) in [6.07, 6.45) is 1.20. The van der Waals surface area contributed by atoms with Crippen LogP contribution in [0.25, 0.3) is 0 Å². The zero-order chi connectivity index (χ0) is 12.6. The van der Waals surface area contributed by atoms with Crippen molar-refractivity contribution in [2.24, 2.45) is 5.73 Å². The average molecular weight is 251 g/mol. The van der Waals surface area contributed by atoms with Crippen LogP contribution in [0.4, 0.5) is 0 Å². The van der Waals surface area contributed by atoms with E-state index in [0.29, 0.717) is 25.9 Å². The highest BCUT2D eigenvalue weighted by Gasteiger charge is 2.19. The van der Waals surface area contributed by atoms with Crippen LogP contribution in [-0.4, -0.2) is 51.1 Å². The first-order valence-electron chi connectivity index (χ1n) is 5.34. The van der Waals surface area contributed by atoms with E-state index in [0.717, 1.165) is 4.31 Å². The normalized spacial score (nSPS) is 11.8. The molecule has 0 rings (SSSR count). The van der Waals surface area contributed by atoms with Crippen molar-refractivity contribution in [3.63, 3.8) is 0 Å². The highest BCUT2D eigenvalue weighted by Crippen LogP contribution is 2.01. The Bertz CT molecular complexity index is 303. The second-order valence-corrected chi connectivity index (χ2v) is 5.72. The van der Waals surface area contributed by atoms with Crippen LogP contribution < -0.4 is 11.1 Å². The van der Waals surface area contributed by atoms with Crippen molar-refractivity contribution in [1.29, 1.82) is 0 Å². The third kappa shape index (κ3) is 6.04. The van der Waals surface area contributed by atoms with Crippen molar-refractivity contribution in [2.45, 2.75) is 19.8 Å². The van der Waals surface area contributed by atoms with Crippen LogP contribution in [0, 0.1) is 0 Å². The van der Waals surface area contributed by atoms with E-state index in [9.17, 15) is 13.2 Å². The van der Waals surface area contributed by atoms with Crippen molar-refractivity contribution < 1.29 is 13.2 Å². The molecular formula is C9H21N3O3S. The minimum absolute atomic E-state index is 0.0418. The summed E-state index contributed by atoms with van der Waals surface area (Å²) < 4.78 is 24.4. The summed E-state index contributed by atoms with van der Waals surface area (Å²) in [7, 11) is -1.92. The van der Waals surface area contributed by atoms with E-state index in [1.807, 2.05) is 0 Å². The highest BCUT2D eigenvalue weighted by atomic mass is 32.2. The molecule has 16 heavy (non-hydrogen) atoms. The molecule has 3 N–H and O–H groups in total. The van der Waals surface area contributed by atoms with Gasteiger partial charge in [0.15, 0.2) is 0 Å². The largest absolute Gasteiger partial charge is 0.355 e. The Morgan fingerprint density at radius 1 is 1.38 bits per heavy atom. The number of amides is 1. The van der Waals surface area contributed by atoms with Gasteiger partial charge in [0.1, 0.15) is 0 Å². The molecule has 0 aromatic carbocycles. The fraction of sp³-hybridized carbons (Fsp3) is 0.889. The van der Waals surface area contributed by atoms with Crippen molar-refractivity contribution in [2.75, 3.05) is 32.4 Å². The lowest BCUT2D eigenvalue weighted by molar-refractivity contribution is -0.121. The van der Waals surface area contributed by atoms with Gasteiger partial charge in [-0.05, 0) is 26.3 Å². The van der Waals surface area contributed by atoms with Gasteiger partial charge in [0, 0.05) is 13.6 Å². The molecule has 7 heteroatoms. The number of rotatable bonds is 8. The van der Waals surface area contributed by atoms with Gasteiger partial charge in [-0.25, -0.2) is 8.42 Å². The molecule has 0 saturated heterocycles. The number of carbonyl (C=O) groups excluding carboxylic acids is 1. The zero-order valence-corrected chi connectivity index (χ0v) is 10.7. The predicted molar refractivity (Wildman–Crippen MR) is 63.4 cm³/mol. The van der Waals surface area contributed by atoms with Crippen LogP contribution in [0.1, 0.15) is 19.8 Å². The van der Waals surface area contributed by atoms with Crippen LogP contribution in [0.3, 0.4) is 0 Å².